The summed E-state index contributed by atoms with van der Waals surface area (Å²) in [7, 11) is 1.79. The van der Waals surface area contributed by atoms with Crippen LogP contribution in [-0.2, 0) is 13.6 Å². The lowest BCUT2D eigenvalue weighted by molar-refractivity contribution is 0.0577. The summed E-state index contributed by atoms with van der Waals surface area (Å²) in [4.78, 5) is 26.8. The van der Waals surface area contributed by atoms with Crippen molar-refractivity contribution >= 4 is 43.5 Å². The topological polar surface area (TPSA) is 107 Å². The van der Waals surface area contributed by atoms with Gasteiger partial charge >= 0.3 is 5.69 Å². The number of pyridine rings is 2. The third-order valence-corrected chi connectivity index (χ3v) is 7.55. The third-order valence-electron chi connectivity index (χ3n) is 6.42. The van der Waals surface area contributed by atoms with Gasteiger partial charge in [0.25, 0.3) is 0 Å². The van der Waals surface area contributed by atoms with Gasteiger partial charge in [0.1, 0.15) is 5.65 Å². The minimum Gasteiger partial charge on any atom is -0.389 e. The second-order valence-corrected chi connectivity index (χ2v) is 11.2. The molecule has 184 valence electrons. The minimum atomic E-state index is -0.893. The standard InChI is InChI=1S/C26H27N7O2S/c1-14(2)33-23-17(31(5)25(33)34)11-28-24-21(23)20(19-8-15-9-27-7-6-18(15)36-19)22(30-24)16-10-29-32(12-16)13-26(3,4)35/h6-12,14,35H,13H2,1-5H3,(H,28,30). The van der Waals surface area contributed by atoms with Crippen molar-refractivity contribution in [2.24, 2.45) is 7.05 Å². The van der Waals surface area contributed by atoms with Gasteiger partial charge in [-0.2, -0.15) is 5.10 Å². The van der Waals surface area contributed by atoms with E-state index in [2.05, 4.69) is 21.1 Å². The van der Waals surface area contributed by atoms with E-state index in [0.717, 1.165) is 48.2 Å². The van der Waals surface area contributed by atoms with Gasteiger partial charge in [-0.25, -0.2) is 9.78 Å². The molecule has 0 saturated carbocycles. The van der Waals surface area contributed by atoms with E-state index in [-0.39, 0.29) is 11.7 Å². The molecule has 0 spiro atoms. The monoisotopic (exact) mass is 501 g/mol. The molecule has 9 nitrogen and oxygen atoms in total. The maximum atomic E-state index is 13.2. The van der Waals surface area contributed by atoms with E-state index < -0.39 is 5.60 Å². The number of H-pyrrole nitrogens is 1. The molecule has 0 aliphatic carbocycles. The molecule has 0 bridgehead atoms. The number of hydrogen-bond donors (Lipinski definition) is 2. The average molecular weight is 502 g/mol. The van der Waals surface area contributed by atoms with Gasteiger partial charge in [0, 0.05) is 57.8 Å². The van der Waals surface area contributed by atoms with Gasteiger partial charge in [0.2, 0.25) is 0 Å². The number of aromatic amines is 1. The third kappa shape index (κ3) is 3.48. The van der Waals surface area contributed by atoms with Crippen LogP contribution >= 0.6 is 11.3 Å². The van der Waals surface area contributed by atoms with Crippen LogP contribution in [0, 0.1) is 0 Å². The first-order valence-corrected chi connectivity index (χ1v) is 12.6. The van der Waals surface area contributed by atoms with Gasteiger partial charge in [-0.3, -0.25) is 18.8 Å². The largest absolute Gasteiger partial charge is 0.389 e. The number of thiophene rings is 1. The summed E-state index contributed by atoms with van der Waals surface area (Å²) >= 11 is 1.68. The van der Waals surface area contributed by atoms with Gasteiger partial charge in [-0.05, 0) is 39.8 Å². The fraction of sp³-hybridized carbons (Fsp3) is 0.308. The molecule has 0 aliphatic rings. The Kier molecular flexibility index (Phi) is 4.96. The van der Waals surface area contributed by atoms with Gasteiger partial charge < -0.3 is 10.1 Å². The first kappa shape index (κ1) is 22.7. The van der Waals surface area contributed by atoms with Crippen molar-refractivity contribution in [1.82, 2.24) is 33.9 Å². The zero-order chi connectivity index (χ0) is 25.4. The lowest BCUT2D eigenvalue weighted by Gasteiger charge is -2.16. The first-order chi connectivity index (χ1) is 17.1. The second-order valence-electron chi connectivity index (χ2n) is 10.2. The van der Waals surface area contributed by atoms with Crippen molar-refractivity contribution in [2.45, 2.75) is 45.9 Å². The summed E-state index contributed by atoms with van der Waals surface area (Å²) in [6, 6.07) is 4.12. The Hall–Kier alpha value is -3.76. The van der Waals surface area contributed by atoms with Gasteiger partial charge in [-0.1, -0.05) is 0 Å². The summed E-state index contributed by atoms with van der Waals surface area (Å²) in [5.41, 5.74) is 4.12. The van der Waals surface area contributed by atoms with Crippen molar-refractivity contribution < 1.29 is 5.11 Å². The van der Waals surface area contributed by atoms with Crippen LogP contribution in [0.2, 0.25) is 0 Å². The highest BCUT2D eigenvalue weighted by atomic mass is 32.1. The van der Waals surface area contributed by atoms with Crippen LogP contribution < -0.4 is 5.69 Å². The number of rotatable bonds is 5. The molecule has 2 N–H and O–H groups in total. The van der Waals surface area contributed by atoms with Crippen molar-refractivity contribution in [2.75, 3.05) is 0 Å². The molecule has 0 aliphatic heterocycles. The van der Waals surface area contributed by atoms with E-state index in [4.69, 9.17) is 4.98 Å². The lowest BCUT2D eigenvalue weighted by atomic mass is 10.1. The van der Waals surface area contributed by atoms with Gasteiger partial charge in [-0.15, -0.1) is 11.3 Å². The highest BCUT2D eigenvalue weighted by Gasteiger charge is 2.25. The number of hydrogen-bond acceptors (Lipinski definition) is 6. The van der Waals surface area contributed by atoms with Crippen molar-refractivity contribution in [1.29, 1.82) is 0 Å². The fourth-order valence-electron chi connectivity index (χ4n) is 4.90. The fourth-order valence-corrected chi connectivity index (χ4v) is 5.99. The van der Waals surface area contributed by atoms with E-state index in [1.54, 1.807) is 60.1 Å². The number of aryl methyl sites for hydroxylation is 1. The summed E-state index contributed by atoms with van der Waals surface area (Å²) in [5, 5.41) is 16.8. The van der Waals surface area contributed by atoms with Gasteiger partial charge in [0.15, 0.2) is 0 Å². The SMILES string of the molecule is CC(C)n1c(=O)n(C)c2cnc3[nH]c(-c4cnn(CC(C)(C)O)c4)c(-c4cc5cnccc5s4)c3c21. The molecule has 0 aromatic carbocycles. The molecule has 0 atom stereocenters. The Morgan fingerprint density at radius 3 is 2.75 bits per heavy atom. The van der Waals surface area contributed by atoms with Crippen LogP contribution in [0.25, 0.3) is 53.9 Å². The van der Waals surface area contributed by atoms with E-state index in [9.17, 15) is 9.90 Å². The molecule has 6 aromatic heterocycles. The van der Waals surface area contributed by atoms with Crippen LogP contribution in [0.15, 0.2) is 47.9 Å². The summed E-state index contributed by atoms with van der Waals surface area (Å²) in [6.07, 6.45) is 9.15. The van der Waals surface area contributed by atoms with Crippen LogP contribution in [-0.4, -0.2) is 44.6 Å². The number of fused-ring (bicyclic) bond motifs is 4. The van der Waals surface area contributed by atoms with E-state index >= 15 is 0 Å². The molecule has 0 fully saturated rings. The first-order valence-electron chi connectivity index (χ1n) is 11.8. The molecule has 10 heteroatoms. The van der Waals surface area contributed by atoms with Gasteiger partial charge in [0.05, 0.1) is 46.7 Å². The number of aromatic nitrogens is 7. The van der Waals surface area contributed by atoms with E-state index in [0.29, 0.717) is 12.2 Å². The number of nitrogens with zero attached hydrogens (tertiary/aromatic N) is 6. The molecule has 0 unspecified atom stereocenters. The second kappa shape index (κ2) is 7.87. The Morgan fingerprint density at radius 1 is 1.22 bits per heavy atom. The zero-order valence-corrected chi connectivity index (χ0v) is 21.6. The molecule has 0 amide bonds. The molecule has 0 saturated heterocycles. The molecule has 6 aromatic rings. The van der Waals surface area contributed by atoms with Crippen LogP contribution in [0.1, 0.15) is 33.7 Å². The number of imidazole rings is 1. The van der Waals surface area contributed by atoms with Crippen molar-refractivity contribution in [3.8, 4) is 21.7 Å². The Bertz CT molecular complexity index is 1790. The number of nitrogens with one attached hydrogen (secondary N) is 1. The summed E-state index contributed by atoms with van der Waals surface area (Å²) in [5.74, 6) is 0. The highest BCUT2D eigenvalue weighted by molar-refractivity contribution is 7.22. The maximum Gasteiger partial charge on any atom is 0.329 e. The zero-order valence-electron chi connectivity index (χ0n) is 20.8. The molecular formula is C26H27N7O2S. The molecule has 36 heavy (non-hydrogen) atoms. The van der Waals surface area contributed by atoms with Crippen LogP contribution in [0.4, 0.5) is 0 Å². The minimum absolute atomic E-state index is 0.0286. The van der Waals surface area contributed by atoms with Crippen molar-refractivity contribution in [3.05, 3.63) is 53.6 Å². The average Bonchev–Trinajstić information content (AvgIpc) is 3.56. The lowest BCUT2D eigenvalue weighted by Crippen LogP contribution is -2.26. The molecular weight excluding hydrogens is 474 g/mol. The number of aliphatic hydroxyl groups is 1. The van der Waals surface area contributed by atoms with Crippen molar-refractivity contribution in [3.63, 3.8) is 0 Å². The molecule has 6 heterocycles. The Balaban J connectivity index is 1.72. The van der Waals surface area contributed by atoms with Crippen LogP contribution in [0.3, 0.4) is 0 Å². The smallest absolute Gasteiger partial charge is 0.329 e. The maximum absolute atomic E-state index is 13.2. The predicted octanol–water partition coefficient (Wildman–Crippen LogP) is 4.71. The quantitative estimate of drug-likeness (QED) is 0.356. The predicted molar refractivity (Wildman–Crippen MR) is 143 cm³/mol. The van der Waals surface area contributed by atoms with E-state index in [1.165, 1.54) is 0 Å². The van der Waals surface area contributed by atoms with E-state index in [1.807, 2.05) is 36.9 Å². The van der Waals surface area contributed by atoms with Crippen LogP contribution in [0.5, 0.6) is 0 Å². The molecule has 0 radical (unpaired) electrons. The summed E-state index contributed by atoms with van der Waals surface area (Å²) in [6.45, 7) is 7.92. The Morgan fingerprint density at radius 2 is 2.03 bits per heavy atom. The highest BCUT2D eigenvalue weighted by Crippen LogP contribution is 2.45. The summed E-state index contributed by atoms with van der Waals surface area (Å²) < 4.78 is 6.38. The molecule has 6 rings (SSSR count). The Labute approximate surface area is 210 Å². The normalized spacial score (nSPS) is 12.6.